The van der Waals surface area contributed by atoms with Crippen molar-refractivity contribution in [2.75, 3.05) is 33.3 Å². The maximum atomic E-state index is 13.3. The van der Waals surface area contributed by atoms with E-state index in [0.717, 1.165) is 23.7 Å². The van der Waals surface area contributed by atoms with Crippen molar-refractivity contribution in [3.8, 4) is 5.75 Å². The molecular weight excluding hydrogens is 406 g/mol. The number of aryl methyl sites for hydroxylation is 1. The lowest BCUT2D eigenvalue weighted by Gasteiger charge is -2.37. The first-order chi connectivity index (χ1) is 14.1. The van der Waals surface area contributed by atoms with Gasteiger partial charge in [-0.1, -0.05) is 12.1 Å². The van der Waals surface area contributed by atoms with Crippen LogP contribution in [0, 0.1) is 5.92 Å². The molecule has 0 bridgehead atoms. The zero-order valence-corrected chi connectivity index (χ0v) is 18.1. The van der Waals surface area contributed by atoms with Crippen LogP contribution in [-0.2, 0) is 23.2 Å². The molecule has 0 spiro atoms. The van der Waals surface area contributed by atoms with E-state index < -0.39 is 0 Å². The van der Waals surface area contributed by atoms with Crippen LogP contribution in [0.1, 0.15) is 23.9 Å². The number of methoxy groups -OCH3 is 1. The van der Waals surface area contributed by atoms with E-state index in [0.29, 0.717) is 26.2 Å². The van der Waals surface area contributed by atoms with Crippen LogP contribution in [0.25, 0.3) is 0 Å². The highest BCUT2D eigenvalue weighted by Gasteiger charge is 2.40. The van der Waals surface area contributed by atoms with Gasteiger partial charge in [0.1, 0.15) is 17.6 Å². The number of aromatic nitrogens is 2. The van der Waals surface area contributed by atoms with Gasteiger partial charge in [0.25, 0.3) is 0 Å². The molecular formula is C21H28ClN5O3. The van der Waals surface area contributed by atoms with E-state index in [4.69, 9.17) is 4.74 Å². The molecule has 1 aromatic carbocycles. The summed E-state index contributed by atoms with van der Waals surface area (Å²) >= 11 is 0. The van der Waals surface area contributed by atoms with Gasteiger partial charge >= 0.3 is 0 Å². The second-order valence-corrected chi connectivity index (χ2v) is 7.67. The van der Waals surface area contributed by atoms with Crippen molar-refractivity contribution >= 4 is 24.2 Å². The molecule has 2 unspecified atom stereocenters. The fourth-order valence-electron chi connectivity index (χ4n) is 4.17. The molecule has 4 rings (SSSR count). The molecule has 162 valence electrons. The van der Waals surface area contributed by atoms with Gasteiger partial charge in [-0.3, -0.25) is 9.59 Å². The van der Waals surface area contributed by atoms with Crippen LogP contribution in [-0.4, -0.2) is 64.5 Å². The summed E-state index contributed by atoms with van der Waals surface area (Å²) in [7, 11) is 3.57. The normalized spacial score (nSPS) is 21.5. The van der Waals surface area contributed by atoms with E-state index in [1.54, 1.807) is 18.2 Å². The molecule has 2 aliphatic heterocycles. The summed E-state index contributed by atoms with van der Waals surface area (Å²) in [6.07, 6.45) is 3.91. The number of likely N-dealkylation sites (tertiary alicyclic amines) is 1. The number of rotatable bonds is 5. The zero-order valence-electron chi connectivity index (χ0n) is 17.3. The van der Waals surface area contributed by atoms with Gasteiger partial charge in [0.15, 0.2) is 0 Å². The molecule has 2 fully saturated rings. The zero-order chi connectivity index (χ0) is 20.4. The molecule has 3 heterocycles. The number of hydrogen-bond donors (Lipinski definition) is 1. The second kappa shape index (κ2) is 9.49. The fourth-order valence-corrected chi connectivity index (χ4v) is 4.17. The van der Waals surface area contributed by atoms with Gasteiger partial charge in [-0.15, -0.1) is 12.4 Å². The van der Waals surface area contributed by atoms with Crippen LogP contribution in [0.5, 0.6) is 5.75 Å². The highest BCUT2D eigenvalue weighted by molar-refractivity contribution is 5.89. The summed E-state index contributed by atoms with van der Waals surface area (Å²) in [5.41, 5.74) is 1.03. The largest absolute Gasteiger partial charge is 0.497 e. The topological polar surface area (TPSA) is 79.7 Å². The van der Waals surface area contributed by atoms with Crippen molar-refractivity contribution in [3.63, 3.8) is 0 Å². The van der Waals surface area contributed by atoms with E-state index in [1.807, 2.05) is 47.0 Å². The van der Waals surface area contributed by atoms with Crippen LogP contribution < -0.4 is 10.1 Å². The van der Waals surface area contributed by atoms with Crippen molar-refractivity contribution in [1.29, 1.82) is 0 Å². The van der Waals surface area contributed by atoms with Crippen LogP contribution >= 0.6 is 12.4 Å². The van der Waals surface area contributed by atoms with Gasteiger partial charge in [-0.2, -0.15) is 0 Å². The molecule has 0 radical (unpaired) electrons. The standard InChI is InChI=1S/C21H27N5O3.ClH/c1-24-9-8-23-20(24)18-12-22-7-10-26(18)21(28)16-11-19(27)25(14-16)13-15-3-5-17(29-2)6-4-15;/h3-6,8-9,16,18,22H,7,10-14H2,1-2H3;1H. The Balaban J connectivity index is 0.00000256. The number of carbonyl (C=O) groups is 2. The molecule has 0 saturated carbocycles. The van der Waals surface area contributed by atoms with Crippen molar-refractivity contribution in [3.05, 3.63) is 48.0 Å². The average Bonchev–Trinajstić information content (AvgIpc) is 3.33. The number of ether oxygens (including phenoxy) is 1. The molecule has 2 amide bonds. The number of benzene rings is 1. The summed E-state index contributed by atoms with van der Waals surface area (Å²) in [4.78, 5) is 34.0. The summed E-state index contributed by atoms with van der Waals surface area (Å²) in [6, 6.07) is 7.57. The lowest BCUT2D eigenvalue weighted by atomic mass is 10.0. The van der Waals surface area contributed by atoms with Crippen LogP contribution in [0.3, 0.4) is 0 Å². The maximum Gasteiger partial charge on any atom is 0.228 e. The summed E-state index contributed by atoms with van der Waals surface area (Å²) in [5, 5.41) is 3.35. The van der Waals surface area contributed by atoms with Gasteiger partial charge in [-0.05, 0) is 17.7 Å². The maximum absolute atomic E-state index is 13.3. The Morgan fingerprint density at radius 1 is 1.30 bits per heavy atom. The number of nitrogens with one attached hydrogen (secondary N) is 1. The van der Waals surface area contributed by atoms with Crippen LogP contribution in [0.15, 0.2) is 36.7 Å². The average molecular weight is 434 g/mol. The minimum atomic E-state index is -0.304. The first-order valence-corrected chi connectivity index (χ1v) is 9.96. The highest BCUT2D eigenvalue weighted by Crippen LogP contribution is 2.28. The number of amides is 2. The Labute approximate surface area is 182 Å². The van der Waals surface area contributed by atoms with Gasteiger partial charge in [0.2, 0.25) is 11.8 Å². The Bertz CT molecular complexity index is 885. The first-order valence-electron chi connectivity index (χ1n) is 9.96. The van der Waals surface area contributed by atoms with Crippen LogP contribution in [0.2, 0.25) is 0 Å². The Hall–Kier alpha value is -2.58. The van der Waals surface area contributed by atoms with Crippen molar-refractivity contribution in [1.82, 2.24) is 24.7 Å². The third kappa shape index (κ3) is 4.44. The number of imidazole rings is 1. The molecule has 0 aliphatic carbocycles. The predicted octanol–water partition coefficient (Wildman–Crippen LogP) is 1.37. The summed E-state index contributed by atoms with van der Waals surface area (Å²) < 4.78 is 7.13. The van der Waals surface area contributed by atoms with Crippen molar-refractivity contribution < 1.29 is 14.3 Å². The number of nitrogens with zero attached hydrogens (tertiary/aromatic N) is 4. The second-order valence-electron chi connectivity index (χ2n) is 7.67. The van der Waals surface area contributed by atoms with Crippen LogP contribution in [0.4, 0.5) is 0 Å². The van der Waals surface area contributed by atoms with E-state index in [1.165, 1.54) is 0 Å². The summed E-state index contributed by atoms with van der Waals surface area (Å²) in [6.45, 7) is 3.02. The summed E-state index contributed by atoms with van der Waals surface area (Å²) in [5.74, 6) is 1.42. The van der Waals surface area contributed by atoms with E-state index >= 15 is 0 Å². The molecule has 2 aliphatic rings. The molecule has 30 heavy (non-hydrogen) atoms. The minimum absolute atomic E-state index is 0. The first kappa shape index (κ1) is 22.1. The third-order valence-electron chi connectivity index (χ3n) is 5.78. The number of piperazine rings is 1. The molecule has 1 aromatic heterocycles. The number of hydrogen-bond acceptors (Lipinski definition) is 5. The monoisotopic (exact) mass is 433 g/mol. The van der Waals surface area contributed by atoms with E-state index in [9.17, 15) is 9.59 Å². The molecule has 2 aromatic rings. The minimum Gasteiger partial charge on any atom is -0.497 e. The number of carbonyl (C=O) groups excluding carboxylic acids is 2. The highest BCUT2D eigenvalue weighted by atomic mass is 35.5. The van der Waals surface area contributed by atoms with E-state index in [-0.39, 0.29) is 42.6 Å². The lowest BCUT2D eigenvalue weighted by Crippen LogP contribution is -2.51. The Kier molecular flexibility index (Phi) is 6.99. The molecule has 8 nitrogen and oxygen atoms in total. The van der Waals surface area contributed by atoms with Gasteiger partial charge in [-0.25, -0.2) is 4.98 Å². The SMILES string of the molecule is COc1ccc(CN2CC(C(=O)N3CCNCC3c3nccn3C)CC2=O)cc1.Cl. The molecule has 2 saturated heterocycles. The molecule has 1 N–H and O–H groups in total. The fraction of sp³-hybridized carbons (Fsp3) is 0.476. The van der Waals surface area contributed by atoms with Gasteiger partial charge < -0.3 is 24.4 Å². The Morgan fingerprint density at radius 2 is 2.07 bits per heavy atom. The quantitative estimate of drug-likeness (QED) is 0.770. The van der Waals surface area contributed by atoms with E-state index in [2.05, 4.69) is 10.3 Å². The smallest absolute Gasteiger partial charge is 0.228 e. The molecule has 2 atom stereocenters. The van der Waals surface area contributed by atoms with Crippen molar-refractivity contribution in [2.24, 2.45) is 13.0 Å². The number of halogens is 1. The van der Waals surface area contributed by atoms with Crippen molar-refractivity contribution in [2.45, 2.75) is 19.0 Å². The predicted molar refractivity (Wildman–Crippen MR) is 114 cm³/mol. The third-order valence-corrected chi connectivity index (χ3v) is 5.78. The Morgan fingerprint density at radius 3 is 2.73 bits per heavy atom. The molecule has 9 heteroatoms. The lowest BCUT2D eigenvalue weighted by molar-refractivity contribution is -0.139. The van der Waals surface area contributed by atoms with Gasteiger partial charge in [0, 0.05) is 58.6 Å². The van der Waals surface area contributed by atoms with Gasteiger partial charge in [0.05, 0.1) is 13.0 Å².